The SMILES string of the molecule is CC(C(=O)Nc1ccncc1)c1ccc(Nc2cnc3ccccc3c2)cc1. The second-order valence-electron chi connectivity index (χ2n) is 6.61. The first kappa shape index (κ1) is 17.7. The summed E-state index contributed by atoms with van der Waals surface area (Å²) in [6, 6.07) is 21.5. The topological polar surface area (TPSA) is 66.9 Å². The lowest BCUT2D eigenvalue weighted by atomic mass is 10.00. The lowest BCUT2D eigenvalue weighted by molar-refractivity contribution is -0.117. The van der Waals surface area contributed by atoms with Gasteiger partial charge in [0.1, 0.15) is 0 Å². The molecule has 1 amide bonds. The molecule has 0 aliphatic heterocycles. The van der Waals surface area contributed by atoms with Gasteiger partial charge in [-0.3, -0.25) is 14.8 Å². The number of amides is 1. The quantitative estimate of drug-likeness (QED) is 0.513. The molecule has 1 atom stereocenters. The highest BCUT2D eigenvalue weighted by Crippen LogP contribution is 2.23. The first-order valence-electron chi connectivity index (χ1n) is 9.12. The van der Waals surface area contributed by atoms with Crippen LogP contribution in [0, 0.1) is 0 Å². The summed E-state index contributed by atoms with van der Waals surface area (Å²) in [5, 5.41) is 7.36. The second kappa shape index (κ2) is 7.88. The molecule has 2 aromatic heterocycles. The number of anilines is 3. The van der Waals surface area contributed by atoms with E-state index in [4.69, 9.17) is 0 Å². The molecule has 0 aliphatic rings. The van der Waals surface area contributed by atoms with Crippen LogP contribution in [0.2, 0.25) is 0 Å². The van der Waals surface area contributed by atoms with E-state index in [1.807, 2.05) is 61.7 Å². The molecule has 0 radical (unpaired) electrons. The normalized spacial score (nSPS) is 11.8. The minimum atomic E-state index is -0.260. The maximum Gasteiger partial charge on any atom is 0.231 e. The van der Waals surface area contributed by atoms with Crippen LogP contribution in [0.25, 0.3) is 10.9 Å². The van der Waals surface area contributed by atoms with Crippen LogP contribution in [-0.4, -0.2) is 15.9 Å². The summed E-state index contributed by atoms with van der Waals surface area (Å²) in [5.74, 6) is -0.310. The molecule has 5 nitrogen and oxygen atoms in total. The molecule has 1 unspecified atom stereocenters. The van der Waals surface area contributed by atoms with Gasteiger partial charge in [0.25, 0.3) is 0 Å². The number of aromatic nitrogens is 2. The number of para-hydroxylation sites is 1. The third kappa shape index (κ3) is 3.99. The van der Waals surface area contributed by atoms with Crippen molar-refractivity contribution < 1.29 is 4.79 Å². The van der Waals surface area contributed by atoms with E-state index in [0.717, 1.165) is 33.5 Å². The Morgan fingerprint density at radius 1 is 0.893 bits per heavy atom. The highest BCUT2D eigenvalue weighted by molar-refractivity contribution is 5.95. The van der Waals surface area contributed by atoms with Crippen molar-refractivity contribution in [3.63, 3.8) is 0 Å². The molecule has 0 saturated heterocycles. The number of carbonyl (C=O) groups is 1. The van der Waals surface area contributed by atoms with Crippen molar-refractivity contribution in [1.29, 1.82) is 0 Å². The van der Waals surface area contributed by atoms with Crippen LogP contribution >= 0.6 is 0 Å². The first-order valence-corrected chi connectivity index (χ1v) is 9.12. The Kier molecular flexibility index (Phi) is 4.97. The van der Waals surface area contributed by atoms with Gasteiger partial charge in [-0.05, 0) is 48.9 Å². The molecular weight excluding hydrogens is 348 g/mol. The Labute approximate surface area is 163 Å². The van der Waals surface area contributed by atoms with Gasteiger partial charge < -0.3 is 10.6 Å². The molecule has 2 aromatic carbocycles. The Morgan fingerprint density at radius 3 is 2.43 bits per heavy atom. The lowest BCUT2D eigenvalue weighted by Gasteiger charge is -2.14. The lowest BCUT2D eigenvalue weighted by Crippen LogP contribution is -2.18. The molecule has 5 heteroatoms. The summed E-state index contributed by atoms with van der Waals surface area (Å²) >= 11 is 0. The van der Waals surface area contributed by atoms with Gasteiger partial charge in [-0.15, -0.1) is 0 Å². The number of fused-ring (bicyclic) bond motifs is 1. The van der Waals surface area contributed by atoms with E-state index in [-0.39, 0.29) is 11.8 Å². The van der Waals surface area contributed by atoms with Crippen LogP contribution < -0.4 is 10.6 Å². The van der Waals surface area contributed by atoms with Crippen LogP contribution in [0.1, 0.15) is 18.4 Å². The molecule has 0 spiro atoms. The van der Waals surface area contributed by atoms with Crippen LogP contribution in [0.15, 0.2) is 85.3 Å². The van der Waals surface area contributed by atoms with Gasteiger partial charge in [-0.2, -0.15) is 0 Å². The molecular formula is C23H20N4O. The zero-order valence-electron chi connectivity index (χ0n) is 15.5. The van der Waals surface area contributed by atoms with E-state index in [2.05, 4.69) is 26.7 Å². The highest BCUT2D eigenvalue weighted by atomic mass is 16.1. The molecule has 138 valence electrons. The minimum absolute atomic E-state index is 0.0503. The summed E-state index contributed by atoms with van der Waals surface area (Å²) in [6.45, 7) is 1.90. The van der Waals surface area contributed by atoms with Gasteiger partial charge in [-0.1, -0.05) is 30.3 Å². The van der Waals surface area contributed by atoms with Gasteiger partial charge in [0.2, 0.25) is 5.91 Å². The third-order valence-corrected chi connectivity index (χ3v) is 4.63. The predicted molar refractivity (Wildman–Crippen MR) is 113 cm³/mol. The maximum absolute atomic E-state index is 12.5. The van der Waals surface area contributed by atoms with Crippen LogP contribution in [0.4, 0.5) is 17.1 Å². The van der Waals surface area contributed by atoms with E-state index in [1.165, 1.54) is 0 Å². The number of hydrogen-bond acceptors (Lipinski definition) is 4. The van der Waals surface area contributed by atoms with Crippen molar-refractivity contribution in [3.8, 4) is 0 Å². The Morgan fingerprint density at radius 2 is 1.64 bits per heavy atom. The standard InChI is InChI=1S/C23H20N4O/c1-16(23(28)27-20-10-12-24-13-11-20)17-6-8-19(9-7-17)26-21-14-18-4-2-3-5-22(18)25-15-21/h2-16,26H,1H3,(H,24,27,28). The Balaban J connectivity index is 1.44. The molecule has 0 fully saturated rings. The predicted octanol–water partition coefficient (Wildman–Crippen LogP) is 5.12. The molecule has 2 heterocycles. The van der Waals surface area contributed by atoms with E-state index < -0.39 is 0 Å². The first-order chi connectivity index (χ1) is 13.7. The monoisotopic (exact) mass is 368 g/mol. The van der Waals surface area contributed by atoms with E-state index in [1.54, 1.807) is 24.5 Å². The van der Waals surface area contributed by atoms with Crippen molar-refractivity contribution in [1.82, 2.24) is 9.97 Å². The Hall–Kier alpha value is -3.73. The largest absolute Gasteiger partial charge is 0.354 e. The van der Waals surface area contributed by atoms with Crippen LogP contribution in [0.5, 0.6) is 0 Å². The summed E-state index contributed by atoms with van der Waals surface area (Å²) in [7, 11) is 0. The molecule has 0 bridgehead atoms. The fourth-order valence-corrected chi connectivity index (χ4v) is 3.00. The van der Waals surface area contributed by atoms with Gasteiger partial charge in [0.15, 0.2) is 0 Å². The van der Waals surface area contributed by atoms with Gasteiger partial charge in [0.05, 0.1) is 23.3 Å². The number of benzene rings is 2. The number of nitrogens with one attached hydrogen (secondary N) is 2. The highest BCUT2D eigenvalue weighted by Gasteiger charge is 2.15. The van der Waals surface area contributed by atoms with Gasteiger partial charge in [-0.25, -0.2) is 0 Å². The molecule has 4 rings (SSSR count). The number of nitrogens with zero attached hydrogens (tertiary/aromatic N) is 2. The summed E-state index contributed by atoms with van der Waals surface area (Å²) in [4.78, 5) is 20.9. The van der Waals surface area contributed by atoms with Crippen molar-refractivity contribution in [2.45, 2.75) is 12.8 Å². The van der Waals surface area contributed by atoms with E-state index >= 15 is 0 Å². The smallest absolute Gasteiger partial charge is 0.231 e. The van der Waals surface area contributed by atoms with Crippen molar-refractivity contribution in [3.05, 3.63) is 90.9 Å². The number of pyridine rings is 2. The summed E-state index contributed by atoms with van der Waals surface area (Å²) in [5.41, 5.74) is 4.54. The summed E-state index contributed by atoms with van der Waals surface area (Å²) in [6.07, 6.45) is 5.13. The molecule has 0 saturated carbocycles. The average Bonchev–Trinajstić information content (AvgIpc) is 2.74. The second-order valence-corrected chi connectivity index (χ2v) is 6.61. The van der Waals surface area contributed by atoms with Crippen molar-refractivity contribution in [2.24, 2.45) is 0 Å². The fraction of sp³-hybridized carbons (Fsp3) is 0.0870. The zero-order valence-corrected chi connectivity index (χ0v) is 15.5. The molecule has 0 aliphatic carbocycles. The van der Waals surface area contributed by atoms with Crippen molar-refractivity contribution >= 4 is 33.9 Å². The minimum Gasteiger partial charge on any atom is -0.354 e. The number of rotatable bonds is 5. The molecule has 28 heavy (non-hydrogen) atoms. The fourth-order valence-electron chi connectivity index (χ4n) is 3.00. The molecule has 4 aromatic rings. The maximum atomic E-state index is 12.5. The van der Waals surface area contributed by atoms with Gasteiger partial charge in [0, 0.05) is 29.2 Å². The number of hydrogen-bond donors (Lipinski definition) is 2. The third-order valence-electron chi connectivity index (χ3n) is 4.63. The zero-order chi connectivity index (χ0) is 19.3. The summed E-state index contributed by atoms with van der Waals surface area (Å²) < 4.78 is 0. The Bertz CT molecular complexity index is 1090. The van der Waals surface area contributed by atoms with Crippen LogP contribution in [0.3, 0.4) is 0 Å². The van der Waals surface area contributed by atoms with E-state index in [0.29, 0.717) is 0 Å². The molecule has 2 N–H and O–H groups in total. The van der Waals surface area contributed by atoms with E-state index in [9.17, 15) is 4.79 Å². The van der Waals surface area contributed by atoms with Crippen LogP contribution in [-0.2, 0) is 4.79 Å². The van der Waals surface area contributed by atoms with Crippen molar-refractivity contribution in [2.75, 3.05) is 10.6 Å². The number of carbonyl (C=O) groups excluding carboxylic acids is 1. The van der Waals surface area contributed by atoms with Gasteiger partial charge >= 0.3 is 0 Å². The average molecular weight is 368 g/mol.